The summed E-state index contributed by atoms with van der Waals surface area (Å²) in [5.41, 5.74) is 3.49. The second-order valence-electron chi connectivity index (χ2n) is 5.03. The van der Waals surface area contributed by atoms with Crippen molar-refractivity contribution in [2.24, 2.45) is 0 Å². The highest BCUT2D eigenvalue weighted by molar-refractivity contribution is 5.27. The fraction of sp³-hybridized carbons (Fsp3) is 0.294. The van der Waals surface area contributed by atoms with Gasteiger partial charge in [-0.05, 0) is 22.6 Å². The lowest BCUT2D eigenvalue weighted by Crippen LogP contribution is -2.01. The highest BCUT2D eigenvalue weighted by Gasteiger charge is 2.08. The van der Waals surface area contributed by atoms with Crippen LogP contribution in [0.25, 0.3) is 0 Å². The van der Waals surface area contributed by atoms with Gasteiger partial charge in [0.05, 0.1) is 6.10 Å². The van der Waals surface area contributed by atoms with Gasteiger partial charge in [-0.15, -0.1) is 0 Å². The first-order chi connectivity index (χ1) is 8.66. The maximum atomic E-state index is 10.2. The van der Waals surface area contributed by atoms with Gasteiger partial charge in [-0.3, -0.25) is 0 Å². The van der Waals surface area contributed by atoms with Gasteiger partial charge >= 0.3 is 0 Å². The Morgan fingerprint density at radius 1 is 0.833 bits per heavy atom. The van der Waals surface area contributed by atoms with Crippen LogP contribution in [0.3, 0.4) is 0 Å². The molecule has 2 aromatic rings. The number of aliphatic hydroxyl groups is 1. The molecule has 0 aliphatic heterocycles. The molecule has 0 aliphatic rings. The van der Waals surface area contributed by atoms with Crippen molar-refractivity contribution in [1.82, 2.24) is 0 Å². The Labute approximate surface area is 109 Å². The Kier molecular flexibility index (Phi) is 4.16. The van der Waals surface area contributed by atoms with Crippen molar-refractivity contribution in [3.05, 3.63) is 71.3 Å². The molecule has 0 aliphatic carbocycles. The van der Waals surface area contributed by atoms with Gasteiger partial charge in [0.2, 0.25) is 0 Å². The summed E-state index contributed by atoms with van der Waals surface area (Å²) in [5, 5.41) is 10.2. The van der Waals surface area contributed by atoms with Gasteiger partial charge in [-0.1, -0.05) is 68.4 Å². The van der Waals surface area contributed by atoms with E-state index < -0.39 is 6.10 Å². The zero-order valence-corrected chi connectivity index (χ0v) is 11.0. The van der Waals surface area contributed by atoms with Crippen LogP contribution in [0.2, 0.25) is 0 Å². The third-order valence-electron chi connectivity index (χ3n) is 3.26. The van der Waals surface area contributed by atoms with E-state index >= 15 is 0 Å². The minimum absolute atomic E-state index is 0.420. The lowest BCUT2D eigenvalue weighted by molar-refractivity contribution is 0.178. The summed E-state index contributed by atoms with van der Waals surface area (Å²) in [6, 6.07) is 18.3. The molecular formula is C17H20O. The number of rotatable bonds is 4. The Morgan fingerprint density at radius 2 is 1.44 bits per heavy atom. The van der Waals surface area contributed by atoms with Crippen LogP contribution in [0, 0.1) is 0 Å². The first kappa shape index (κ1) is 12.8. The smallest absolute Gasteiger partial charge is 0.0830 e. The molecule has 0 heterocycles. The van der Waals surface area contributed by atoms with Crippen molar-refractivity contribution in [3.8, 4) is 0 Å². The number of hydrogen-bond acceptors (Lipinski definition) is 1. The minimum atomic E-state index is -0.420. The minimum Gasteiger partial charge on any atom is -0.388 e. The summed E-state index contributed by atoms with van der Waals surface area (Å²) in [6.07, 6.45) is 0.249. The number of hydrogen-bond donors (Lipinski definition) is 1. The molecule has 1 unspecified atom stereocenters. The SMILES string of the molecule is CC(C)c1ccc(CC(O)c2ccccc2)cc1. The molecule has 2 rings (SSSR count). The molecule has 0 aromatic heterocycles. The normalized spacial score (nSPS) is 12.7. The largest absolute Gasteiger partial charge is 0.388 e. The molecule has 18 heavy (non-hydrogen) atoms. The van der Waals surface area contributed by atoms with E-state index in [1.165, 1.54) is 11.1 Å². The standard InChI is InChI=1S/C17H20O/c1-13(2)15-10-8-14(9-11-15)12-17(18)16-6-4-3-5-7-16/h3-11,13,17-18H,12H2,1-2H3. The topological polar surface area (TPSA) is 20.2 Å². The quantitative estimate of drug-likeness (QED) is 0.853. The fourth-order valence-corrected chi connectivity index (χ4v) is 2.05. The van der Waals surface area contributed by atoms with Gasteiger partial charge in [0.1, 0.15) is 0 Å². The van der Waals surface area contributed by atoms with Crippen LogP contribution in [0.1, 0.15) is 42.6 Å². The number of aliphatic hydroxyl groups excluding tert-OH is 1. The molecule has 94 valence electrons. The molecule has 0 saturated heterocycles. The van der Waals surface area contributed by atoms with Crippen LogP contribution in [0.15, 0.2) is 54.6 Å². The number of benzene rings is 2. The second-order valence-corrected chi connectivity index (χ2v) is 5.03. The van der Waals surface area contributed by atoms with Gasteiger partial charge in [0, 0.05) is 6.42 Å². The first-order valence-electron chi connectivity index (χ1n) is 6.48. The molecule has 1 N–H and O–H groups in total. The van der Waals surface area contributed by atoms with Gasteiger partial charge < -0.3 is 5.11 Å². The van der Waals surface area contributed by atoms with Gasteiger partial charge in [-0.25, -0.2) is 0 Å². The second kappa shape index (κ2) is 5.83. The molecular weight excluding hydrogens is 220 g/mol. The van der Waals surface area contributed by atoms with E-state index in [-0.39, 0.29) is 0 Å². The fourth-order valence-electron chi connectivity index (χ4n) is 2.05. The van der Waals surface area contributed by atoms with Gasteiger partial charge in [0.15, 0.2) is 0 Å². The summed E-state index contributed by atoms with van der Waals surface area (Å²) in [6.45, 7) is 4.38. The summed E-state index contributed by atoms with van der Waals surface area (Å²) in [4.78, 5) is 0. The molecule has 1 nitrogen and oxygen atoms in total. The molecule has 0 radical (unpaired) electrons. The third kappa shape index (κ3) is 3.21. The highest BCUT2D eigenvalue weighted by Crippen LogP contribution is 2.20. The molecule has 1 heteroatoms. The van der Waals surface area contributed by atoms with E-state index in [1.54, 1.807) is 0 Å². The van der Waals surface area contributed by atoms with Crippen molar-refractivity contribution < 1.29 is 5.11 Å². The van der Waals surface area contributed by atoms with Gasteiger partial charge in [-0.2, -0.15) is 0 Å². The van der Waals surface area contributed by atoms with Crippen LogP contribution in [-0.2, 0) is 6.42 Å². The maximum Gasteiger partial charge on any atom is 0.0830 e. The zero-order valence-electron chi connectivity index (χ0n) is 11.0. The Bertz CT molecular complexity index is 471. The van der Waals surface area contributed by atoms with Crippen LogP contribution in [-0.4, -0.2) is 5.11 Å². The van der Waals surface area contributed by atoms with E-state index in [0.717, 1.165) is 5.56 Å². The lowest BCUT2D eigenvalue weighted by atomic mass is 9.97. The summed E-state index contributed by atoms with van der Waals surface area (Å²) in [7, 11) is 0. The Balaban J connectivity index is 2.05. The summed E-state index contributed by atoms with van der Waals surface area (Å²) < 4.78 is 0. The van der Waals surface area contributed by atoms with Crippen LogP contribution in [0.4, 0.5) is 0 Å². The predicted molar refractivity (Wildman–Crippen MR) is 75.6 cm³/mol. The average Bonchev–Trinajstić information content (AvgIpc) is 2.40. The molecule has 0 spiro atoms. The van der Waals surface area contributed by atoms with Crippen molar-refractivity contribution in [1.29, 1.82) is 0 Å². The van der Waals surface area contributed by atoms with E-state index in [9.17, 15) is 5.11 Å². The van der Waals surface area contributed by atoms with Crippen molar-refractivity contribution in [2.75, 3.05) is 0 Å². The Hall–Kier alpha value is -1.60. The molecule has 0 fully saturated rings. The highest BCUT2D eigenvalue weighted by atomic mass is 16.3. The molecule has 0 bridgehead atoms. The van der Waals surface area contributed by atoms with E-state index in [1.807, 2.05) is 30.3 Å². The van der Waals surface area contributed by atoms with Crippen LogP contribution < -0.4 is 0 Å². The van der Waals surface area contributed by atoms with Crippen molar-refractivity contribution in [2.45, 2.75) is 32.3 Å². The molecule has 0 amide bonds. The third-order valence-corrected chi connectivity index (χ3v) is 3.26. The monoisotopic (exact) mass is 240 g/mol. The Morgan fingerprint density at radius 3 is 2.00 bits per heavy atom. The van der Waals surface area contributed by atoms with E-state index in [4.69, 9.17) is 0 Å². The van der Waals surface area contributed by atoms with Crippen LogP contribution in [0.5, 0.6) is 0 Å². The van der Waals surface area contributed by atoms with E-state index in [0.29, 0.717) is 12.3 Å². The average molecular weight is 240 g/mol. The first-order valence-corrected chi connectivity index (χ1v) is 6.48. The molecule has 1 atom stereocenters. The summed E-state index contributed by atoms with van der Waals surface area (Å²) in [5.74, 6) is 0.554. The lowest BCUT2D eigenvalue weighted by Gasteiger charge is -2.12. The zero-order chi connectivity index (χ0) is 13.0. The summed E-state index contributed by atoms with van der Waals surface area (Å²) >= 11 is 0. The molecule has 2 aromatic carbocycles. The van der Waals surface area contributed by atoms with Crippen molar-refractivity contribution in [3.63, 3.8) is 0 Å². The predicted octanol–water partition coefficient (Wildman–Crippen LogP) is 4.09. The van der Waals surface area contributed by atoms with Crippen LogP contribution >= 0.6 is 0 Å². The molecule has 0 saturated carbocycles. The maximum absolute atomic E-state index is 10.2. The van der Waals surface area contributed by atoms with Gasteiger partial charge in [0.25, 0.3) is 0 Å². The van der Waals surface area contributed by atoms with Crippen molar-refractivity contribution >= 4 is 0 Å². The van der Waals surface area contributed by atoms with E-state index in [2.05, 4.69) is 38.1 Å².